The van der Waals surface area contributed by atoms with Crippen LogP contribution in [0, 0.1) is 6.92 Å². The van der Waals surface area contributed by atoms with Crippen LogP contribution in [0.1, 0.15) is 5.56 Å². The summed E-state index contributed by atoms with van der Waals surface area (Å²) in [5.74, 6) is 0.000379. The van der Waals surface area contributed by atoms with E-state index in [1.807, 2.05) is 19.1 Å². The van der Waals surface area contributed by atoms with Crippen molar-refractivity contribution in [3.8, 4) is 0 Å². The summed E-state index contributed by atoms with van der Waals surface area (Å²) in [4.78, 5) is 11.0. The number of benzene rings is 1. The number of halogens is 1. The van der Waals surface area contributed by atoms with E-state index in [2.05, 4.69) is 17.9 Å². The Balaban J connectivity index is 2.87. The molecular weight excluding hydrogens is 206 g/mol. The van der Waals surface area contributed by atoms with E-state index in [9.17, 15) is 4.79 Å². The second-order valence-electron chi connectivity index (χ2n) is 2.69. The van der Waals surface area contributed by atoms with Crippen molar-refractivity contribution in [1.82, 2.24) is 0 Å². The minimum absolute atomic E-state index is 0.157. The van der Waals surface area contributed by atoms with Gasteiger partial charge in [-0.1, -0.05) is 17.7 Å². The van der Waals surface area contributed by atoms with Crippen LogP contribution < -0.4 is 5.32 Å². The highest BCUT2D eigenvalue weighted by Gasteiger charge is 2.03. The lowest BCUT2D eigenvalue weighted by Crippen LogP contribution is -2.12. The fourth-order valence-electron chi connectivity index (χ4n) is 0.925. The van der Waals surface area contributed by atoms with Crippen LogP contribution in [0.3, 0.4) is 0 Å². The average Bonchev–Trinajstić information content (AvgIpc) is 2.11. The standard InChI is InChI=1S/C9H10ClNOS/c1-6-2-3-7(10)8(4-6)11-9(12)5-13/h2-4,13H,5H2,1H3,(H,11,12). The van der Waals surface area contributed by atoms with Crippen molar-refractivity contribution in [3.63, 3.8) is 0 Å². The van der Waals surface area contributed by atoms with Crippen LogP contribution in [-0.4, -0.2) is 11.7 Å². The van der Waals surface area contributed by atoms with Crippen LogP contribution in [-0.2, 0) is 4.79 Å². The third-order valence-electron chi connectivity index (χ3n) is 1.54. The molecule has 1 amide bonds. The first-order valence-corrected chi connectivity index (χ1v) is 4.81. The average molecular weight is 216 g/mol. The molecule has 0 bridgehead atoms. The Hall–Kier alpha value is -0.670. The first-order chi connectivity index (χ1) is 6.13. The second-order valence-corrected chi connectivity index (χ2v) is 3.41. The maximum Gasteiger partial charge on any atom is 0.234 e. The van der Waals surface area contributed by atoms with Crippen molar-refractivity contribution in [2.45, 2.75) is 6.92 Å². The van der Waals surface area contributed by atoms with Gasteiger partial charge >= 0.3 is 0 Å². The fourth-order valence-corrected chi connectivity index (χ4v) is 1.17. The normalized spacial score (nSPS) is 9.77. The number of hydrogen-bond acceptors (Lipinski definition) is 2. The largest absolute Gasteiger partial charge is 0.324 e. The zero-order valence-electron chi connectivity index (χ0n) is 7.17. The molecule has 2 nitrogen and oxygen atoms in total. The van der Waals surface area contributed by atoms with Gasteiger partial charge in [0.05, 0.1) is 16.5 Å². The quantitative estimate of drug-likeness (QED) is 0.730. The number of amides is 1. The predicted molar refractivity (Wildman–Crippen MR) is 58.7 cm³/mol. The molecule has 1 aromatic carbocycles. The van der Waals surface area contributed by atoms with Gasteiger partial charge in [0.2, 0.25) is 5.91 Å². The number of thiol groups is 1. The number of rotatable bonds is 2. The molecule has 0 heterocycles. The Labute approximate surface area is 87.7 Å². The molecule has 0 fully saturated rings. The monoisotopic (exact) mass is 215 g/mol. The van der Waals surface area contributed by atoms with E-state index in [-0.39, 0.29) is 11.7 Å². The second kappa shape index (κ2) is 4.53. The minimum atomic E-state index is -0.157. The fraction of sp³-hybridized carbons (Fsp3) is 0.222. The van der Waals surface area contributed by atoms with Crippen LogP contribution in [0.25, 0.3) is 0 Å². The highest BCUT2D eigenvalue weighted by Crippen LogP contribution is 2.22. The van der Waals surface area contributed by atoms with E-state index in [1.54, 1.807) is 6.07 Å². The smallest absolute Gasteiger partial charge is 0.234 e. The van der Waals surface area contributed by atoms with Gasteiger partial charge in [-0.3, -0.25) is 4.79 Å². The third kappa shape index (κ3) is 2.94. The molecule has 0 spiro atoms. The Morgan fingerprint density at radius 2 is 2.31 bits per heavy atom. The molecule has 0 aliphatic heterocycles. The van der Waals surface area contributed by atoms with Gasteiger partial charge in [-0.2, -0.15) is 12.6 Å². The van der Waals surface area contributed by atoms with Gasteiger partial charge in [0, 0.05) is 0 Å². The molecule has 0 aromatic heterocycles. The summed E-state index contributed by atoms with van der Waals surface area (Å²) in [6.45, 7) is 1.94. The van der Waals surface area contributed by atoms with E-state index >= 15 is 0 Å². The molecule has 70 valence electrons. The third-order valence-corrected chi connectivity index (χ3v) is 2.16. The zero-order chi connectivity index (χ0) is 9.84. The molecule has 0 saturated carbocycles. The number of carbonyl (C=O) groups is 1. The van der Waals surface area contributed by atoms with Crippen molar-refractivity contribution < 1.29 is 4.79 Å². The lowest BCUT2D eigenvalue weighted by Gasteiger charge is -2.06. The molecule has 1 aromatic rings. The van der Waals surface area contributed by atoms with E-state index < -0.39 is 0 Å². The van der Waals surface area contributed by atoms with Crippen LogP contribution in [0.4, 0.5) is 5.69 Å². The summed E-state index contributed by atoms with van der Waals surface area (Å²) in [6.07, 6.45) is 0. The minimum Gasteiger partial charge on any atom is -0.324 e. The lowest BCUT2D eigenvalue weighted by molar-refractivity contribution is -0.113. The number of carbonyl (C=O) groups excluding carboxylic acids is 1. The SMILES string of the molecule is Cc1ccc(Cl)c(NC(=O)CS)c1. The molecule has 0 saturated heterocycles. The van der Waals surface area contributed by atoms with Crippen molar-refractivity contribution in [3.05, 3.63) is 28.8 Å². The molecule has 13 heavy (non-hydrogen) atoms. The number of nitrogens with one attached hydrogen (secondary N) is 1. The number of aryl methyl sites for hydroxylation is 1. The molecule has 4 heteroatoms. The first kappa shape index (κ1) is 10.4. The summed E-state index contributed by atoms with van der Waals surface area (Å²) >= 11 is 9.71. The van der Waals surface area contributed by atoms with Gasteiger partial charge in [-0.25, -0.2) is 0 Å². The molecule has 1 N–H and O–H groups in total. The Kier molecular flexibility index (Phi) is 3.63. The molecule has 0 unspecified atom stereocenters. The van der Waals surface area contributed by atoms with E-state index in [0.717, 1.165) is 5.56 Å². The first-order valence-electron chi connectivity index (χ1n) is 3.80. The van der Waals surface area contributed by atoms with Crippen LogP contribution >= 0.6 is 24.2 Å². The van der Waals surface area contributed by atoms with Gasteiger partial charge in [0.25, 0.3) is 0 Å². The maximum absolute atomic E-state index is 11.0. The Bertz CT molecular complexity index is 327. The van der Waals surface area contributed by atoms with Gasteiger partial charge in [-0.15, -0.1) is 0 Å². The molecule has 0 atom stereocenters. The van der Waals surface area contributed by atoms with E-state index in [4.69, 9.17) is 11.6 Å². The summed E-state index contributed by atoms with van der Waals surface area (Å²) < 4.78 is 0. The molecule has 0 radical (unpaired) electrons. The van der Waals surface area contributed by atoms with E-state index in [1.165, 1.54) is 0 Å². The van der Waals surface area contributed by atoms with E-state index in [0.29, 0.717) is 10.7 Å². The molecule has 1 rings (SSSR count). The van der Waals surface area contributed by atoms with Gasteiger partial charge in [0.15, 0.2) is 0 Å². The number of anilines is 1. The van der Waals surface area contributed by atoms with Gasteiger partial charge < -0.3 is 5.32 Å². The summed E-state index contributed by atoms with van der Waals surface area (Å²) in [5.41, 5.74) is 1.69. The zero-order valence-corrected chi connectivity index (χ0v) is 8.82. The van der Waals surface area contributed by atoms with Crippen molar-refractivity contribution in [1.29, 1.82) is 0 Å². The predicted octanol–water partition coefficient (Wildman–Crippen LogP) is 2.52. The van der Waals surface area contributed by atoms with Crippen molar-refractivity contribution in [2.75, 3.05) is 11.1 Å². The summed E-state index contributed by atoms with van der Waals surface area (Å²) in [6, 6.07) is 5.47. The number of hydrogen-bond donors (Lipinski definition) is 2. The van der Waals surface area contributed by atoms with Crippen molar-refractivity contribution in [2.24, 2.45) is 0 Å². The molecule has 0 aliphatic carbocycles. The Morgan fingerprint density at radius 1 is 1.62 bits per heavy atom. The highest BCUT2D eigenvalue weighted by atomic mass is 35.5. The highest BCUT2D eigenvalue weighted by molar-refractivity contribution is 7.81. The van der Waals surface area contributed by atoms with Crippen LogP contribution in [0.2, 0.25) is 5.02 Å². The van der Waals surface area contributed by atoms with Gasteiger partial charge in [-0.05, 0) is 24.6 Å². The van der Waals surface area contributed by atoms with Crippen LogP contribution in [0.5, 0.6) is 0 Å². The van der Waals surface area contributed by atoms with Gasteiger partial charge in [0.1, 0.15) is 0 Å². The topological polar surface area (TPSA) is 29.1 Å². The van der Waals surface area contributed by atoms with Crippen LogP contribution in [0.15, 0.2) is 18.2 Å². The maximum atomic E-state index is 11.0. The molecular formula is C9H10ClNOS. The Morgan fingerprint density at radius 3 is 2.92 bits per heavy atom. The molecule has 0 aliphatic rings. The summed E-state index contributed by atoms with van der Waals surface area (Å²) in [5, 5.41) is 3.20. The van der Waals surface area contributed by atoms with Crippen molar-refractivity contribution >= 4 is 35.8 Å². The lowest BCUT2D eigenvalue weighted by atomic mass is 10.2. The summed E-state index contributed by atoms with van der Waals surface area (Å²) in [7, 11) is 0.